The Kier molecular flexibility index (Phi) is 5.76. The van der Waals surface area contributed by atoms with Crippen LogP contribution in [-0.2, 0) is 6.54 Å². The normalized spacial score (nSPS) is 12.0. The Balaban J connectivity index is 2.12. The summed E-state index contributed by atoms with van der Waals surface area (Å²) in [4.78, 5) is 10.6. The number of benzene rings is 2. The molecule has 0 unspecified atom stereocenters. The topological polar surface area (TPSA) is 90.4 Å². The fraction of sp³-hybridized carbons (Fsp3) is 0.333. The number of anilines is 1. The summed E-state index contributed by atoms with van der Waals surface area (Å²) < 4.78 is 5.68. The Morgan fingerprint density at radius 2 is 2.04 bits per heavy atom. The maximum atomic E-state index is 11.0. The minimum absolute atomic E-state index is 0.0555. The third-order valence-corrected chi connectivity index (χ3v) is 3.87. The zero-order valence-electron chi connectivity index (χ0n) is 14.2. The Labute approximate surface area is 141 Å². The molecule has 24 heavy (non-hydrogen) atoms. The van der Waals surface area contributed by atoms with Crippen LogP contribution in [0.2, 0.25) is 0 Å². The molecule has 0 saturated carbocycles. The molecule has 6 heteroatoms. The van der Waals surface area contributed by atoms with Crippen LogP contribution in [-0.4, -0.2) is 11.5 Å². The van der Waals surface area contributed by atoms with Gasteiger partial charge in [0.05, 0.1) is 11.5 Å². The molecule has 0 aliphatic carbocycles. The van der Waals surface area contributed by atoms with Gasteiger partial charge in [-0.15, -0.1) is 0 Å². The zero-order valence-corrected chi connectivity index (χ0v) is 14.2. The largest absolute Gasteiger partial charge is 0.494 e. The zero-order chi connectivity index (χ0) is 17.7. The molecule has 0 heterocycles. The van der Waals surface area contributed by atoms with Gasteiger partial charge in [-0.2, -0.15) is 0 Å². The third-order valence-electron chi connectivity index (χ3n) is 3.87. The minimum atomic E-state index is -0.460. The number of nitrogens with one attached hydrogen (secondary N) is 1. The van der Waals surface area contributed by atoms with Gasteiger partial charge in [-0.05, 0) is 44.0 Å². The summed E-state index contributed by atoms with van der Waals surface area (Å²) in [7, 11) is 0. The van der Waals surface area contributed by atoms with Crippen molar-refractivity contribution in [1.29, 1.82) is 0 Å². The van der Waals surface area contributed by atoms with Gasteiger partial charge >= 0.3 is 0 Å². The summed E-state index contributed by atoms with van der Waals surface area (Å²) in [6, 6.07) is 10.9. The lowest BCUT2D eigenvalue weighted by atomic mass is 10.1. The number of nitro benzene ring substituents is 1. The van der Waals surface area contributed by atoms with E-state index in [0.29, 0.717) is 13.2 Å². The highest BCUT2D eigenvalue weighted by Crippen LogP contribution is 2.26. The second-order valence-electron chi connectivity index (χ2n) is 5.72. The van der Waals surface area contributed by atoms with Crippen molar-refractivity contribution in [1.82, 2.24) is 5.32 Å². The molecule has 0 saturated heterocycles. The molecular formula is C18H23N3O3. The van der Waals surface area contributed by atoms with E-state index in [1.807, 2.05) is 39.0 Å². The molecule has 0 aliphatic heterocycles. The first-order valence-electron chi connectivity index (χ1n) is 7.92. The summed E-state index contributed by atoms with van der Waals surface area (Å²) >= 11 is 0. The SMILES string of the molecule is CCOc1cc(C)ccc1CN[C@H](C)c1ccc(N)c([N+](=O)[O-])c1. The summed E-state index contributed by atoms with van der Waals surface area (Å²) in [5.41, 5.74) is 8.77. The van der Waals surface area contributed by atoms with E-state index >= 15 is 0 Å². The van der Waals surface area contributed by atoms with Crippen LogP contribution in [0.25, 0.3) is 0 Å². The fourth-order valence-electron chi connectivity index (χ4n) is 2.47. The van der Waals surface area contributed by atoms with Crippen LogP contribution in [0, 0.1) is 17.0 Å². The van der Waals surface area contributed by atoms with Gasteiger partial charge in [-0.25, -0.2) is 0 Å². The average Bonchev–Trinajstić information content (AvgIpc) is 2.54. The van der Waals surface area contributed by atoms with E-state index in [4.69, 9.17) is 10.5 Å². The maximum absolute atomic E-state index is 11.0. The molecule has 3 N–H and O–H groups in total. The van der Waals surface area contributed by atoms with Gasteiger partial charge in [-0.3, -0.25) is 10.1 Å². The molecule has 128 valence electrons. The van der Waals surface area contributed by atoms with Crippen LogP contribution in [0.5, 0.6) is 5.75 Å². The van der Waals surface area contributed by atoms with Crippen molar-refractivity contribution < 1.29 is 9.66 Å². The first kappa shape index (κ1) is 17.7. The number of hydrogen-bond acceptors (Lipinski definition) is 5. The minimum Gasteiger partial charge on any atom is -0.494 e. The van der Waals surface area contributed by atoms with Gasteiger partial charge in [-0.1, -0.05) is 18.2 Å². The quantitative estimate of drug-likeness (QED) is 0.459. The van der Waals surface area contributed by atoms with Crippen LogP contribution in [0.15, 0.2) is 36.4 Å². The molecule has 0 amide bonds. The van der Waals surface area contributed by atoms with Gasteiger partial charge in [0.2, 0.25) is 0 Å². The number of nitrogens with zero attached hydrogens (tertiary/aromatic N) is 1. The van der Waals surface area contributed by atoms with Crippen LogP contribution in [0.3, 0.4) is 0 Å². The molecule has 2 rings (SSSR count). The molecule has 2 aromatic carbocycles. The monoisotopic (exact) mass is 329 g/mol. The van der Waals surface area contributed by atoms with Crippen LogP contribution in [0.4, 0.5) is 11.4 Å². The number of aryl methyl sites for hydroxylation is 1. The molecule has 6 nitrogen and oxygen atoms in total. The molecule has 0 aromatic heterocycles. The third kappa shape index (κ3) is 4.23. The van der Waals surface area contributed by atoms with E-state index in [2.05, 4.69) is 5.32 Å². The lowest BCUT2D eigenvalue weighted by molar-refractivity contribution is -0.384. The number of rotatable bonds is 7. The number of hydrogen-bond donors (Lipinski definition) is 2. The first-order chi connectivity index (χ1) is 11.4. The highest BCUT2D eigenvalue weighted by atomic mass is 16.6. The van der Waals surface area contributed by atoms with Crippen LogP contribution in [0.1, 0.15) is 36.6 Å². The summed E-state index contributed by atoms with van der Waals surface area (Å²) in [5, 5.41) is 14.4. The summed E-state index contributed by atoms with van der Waals surface area (Å²) in [5.74, 6) is 0.862. The fourth-order valence-corrected chi connectivity index (χ4v) is 2.47. The molecular weight excluding hydrogens is 306 g/mol. The Hall–Kier alpha value is -2.60. The second-order valence-corrected chi connectivity index (χ2v) is 5.72. The van der Waals surface area contributed by atoms with Gasteiger partial charge in [0.25, 0.3) is 5.69 Å². The van der Waals surface area contributed by atoms with E-state index in [1.54, 1.807) is 12.1 Å². The summed E-state index contributed by atoms with van der Waals surface area (Å²) in [6.07, 6.45) is 0. The molecule has 2 aromatic rings. The van der Waals surface area contributed by atoms with E-state index in [9.17, 15) is 10.1 Å². The van der Waals surface area contributed by atoms with E-state index < -0.39 is 4.92 Å². The predicted octanol–water partition coefficient (Wildman–Crippen LogP) is 3.73. The molecule has 0 aliphatic rings. The Bertz CT molecular complexity index is 731. The van der Waals surface area contributed by atoms with E-state index in [-0.39, 0.29) is 17.4 Å². The van der Waals surface area contributed by atoms with E-state index in [1.165, 1.54) is 6.07 Å². The first-order valence-corrected chi connectivity index (χ1v) is 7.92. The van der Waals surface area contributed by atoms with Crippen molar-refractivity contribution in [2.45, 2.75) is 33.4 Å². The van der Waals surface area contributed by atoms with Crippen LogP contribution >= 0.6 is 0 Å². The highest BCUT2D eigenvalue weighted by Gasteiger charge is 2.15. The van der Waals surface area contributed by atoms with Crippen molar-refractivity contribution in [2.75, 3.05) is 12.3 Å². The van der Waals surface area contributed by atoms with Crippen LogP contribution < -0.4 is 15.8 Å². The Morgan fingerprint density at radius 1 is 1.29 bits per heavy atom. The molecule has 0 bridgehead atoms. The number of nitro groups is 1. The molecule has 1 atom stereocenters. The molecule has 0 radical (unpaired) electrons. The van der Waals surface area contributed by atoms with Crippen molar-refractivity contribution in [3.8, 4) is 5.75 Å². The number of nitrogen functional groups attached to an aromatic ring is 1. The van der Waals surface area contributed by atoms with Crippen molar-refractivity contribution in [3.63, 3.8) is 0 Å². The van der Waals surface area contributed by atoms with Gasteiger partial charge in [0, 0.05) is 24.2 Å². The molecule has 0 fully saturated rings. The Morgan fingerprint density at radius 3 is 2.71 bits per heavy atom. The average molecular weight is 329 g/mol. The van der Waals surface area contributed by atoms with E-state index in [0.717, 1.165) is 22.4 Å². The maximum Gasteiger partial charge on any atom is 0.292 e. The predicted molar refractivity (Wildman–Crippen MR) is 95.1 cm³/mol. The number of nitrogens with two attached hydrogens (primary N) is 1. The standard InChI is InChI=1S/C18H23N3O3/c1-4-24-18-9-12(2)5-6-15(18)11-20-13(3)14-7-8-16(19)17(10-14)21(22)23/h5-10,13,20H,4,11,19H2,1-3H3/t13-/m1/s1. The van der Waals surface area contributed by atoms with Gasteiger partial charge < -0.3 is 15.8 Å². The number of ether oxygens (including phenoxy) is 1. The lowest BCUT2D eigenvalue weighted by Gasteiger charge is -2.17. The summed E-state index contributed by atoms with van der Waals surface area (Å²) in [6.45, 7) is 7.15. The van der Waals surface area contributed by atoms with Crippen molar-refractivity contribution >= 4 is 11.4 Å². The van der Waals surface area contributed by atoms with Gasteiger partial charge in [0.15, 0.2) is 0 Å². The van der Waals surface area contributed by atoms with Gasteiger partial charge in [0.1, 0.15) is 11.4 Å². The lowest BCUT2D eigenvalue weighted by Crippen LogP contribution is -2.19. The van der Waals surface area contributed by atoms with Crippen molar-refractivity contribution in [2.24, 2.45) is 0 Å². The van der Waals surface area contributed by atoms with Crippen molar-refractivity contribution in [3.05, 3.63) is 63.2 Å². The molecule has 0 spiro atoms. The highest BCUT2D eigenvalue weighted by molar-refractivity contribution is 5.59. The smallest absolute Gasteiger partial charge is 0.292 e. The second kappa shape index (κ2) is 7.79.